The zero-order chi connectivity index (χ0) is 16.9. The Balaban J connectivity index is 0.000000422. The number of aliphatic hydroxyl groups excluding tert-OH is 2. The fraction of sp³-hybridized carbons (Fsp3) is 0.636. The molecule has 126 valence electrons. The summed E-state index contributed by atoms with van der Waals surface area (Å²) in [7, 11) is -1.44. The number of H-pyrrole nitrogens is 1. The molecule has 1 aromatic rings. The Morgan fingerprint density at radius 1 is 1.55 bits per heavy atom. The van der Waals surface area contributed by atoms with Gasteiger partial charge in [0.15, 0.2) is 0 Å². The molecule has 0 aromatic carbocycles. The highest BCUT2D eigenvalue weighted by Crippen LogP contribution is 2.27. The molecular weight excluding hydrogens is 319 g/mol. The van der Waals surface area contributed by atoms with Gasteiger partial charge in [-0.1, -0.05) is 0 Å². The maximum Gasteiger partial charge on any atom is 0.330 e. The van der Waals surface area contributed by atoms with Crippen molar-refractivity contribution in [2.24, 2.45) is 0 Å². The SMILES string of the molecule is CO[PH](=O)O.Cc1cn([C@H]2C[C@H](O)[C@@H](CO)O2)c(=O)[nH]c1=O. The Bertz CT molecular complexity index is 627. The highest BCUT2D eigenvalue weighted by atomic mass is 31.1. The lowest BCUT2D eigenvalue weighted by atomic mass is 10.2. The van der Waals surface area contributed by atoms with Gasteiger partial charge in [-0.2, -0.15) is 0 Å². The van der Waals surface area contributed by atoms with Crippen LogP contribution in [-0.2, 0) is 13.8 Å². The molecule has 0 radical (unpaired) electrons. The molecule has 0 spiro atoms. The number of aromatic nitrogens is 2. The fourth-order valence-corrected chi connectivity index (χ4v) is 1.85. The summed E-state index contributed by atoms with van der Waals surface area (Å²) in [6.07, 6.45) is -0.581. The molecule has 1 aliphatic heterocycles. The standard InChI is InChI=1S/C10H14N2O5.CH5O3P/c1-5-3-12(10(16)11-9(5)15)8-2-6(14)7(4-13)17-8;1-4-5(2)3/h3,6-8,13-14H,2,4H2,1H3,(H,11,15,16);5H,1H3,(H,2,3)/t6-,7+,8+;/m0./s1. The third-order valence-corrected chi connectivity index (χ3v) is 3.36. The molecule has 0 amide bonds. The van der Waals surface area contributed by atoms with Gasteiger partial charge < -0.3 is 24.4 Å². The summed E-state index contributed by atoms with van der Waals surface area (Å²) in [6, 6.07) is 0. The number of nitrogens with one attached hydrogen (secondary N) is 1. The van der Waals surface area contributed by atoms with Crippen LogP contribution in [0.15, 0.2) is 15.8 Å². The molecular formula is C11H19N2O8P. The van der Waals surface area contributed by atoms with Crippen LogP contribution in [0.1, 0.15) is 18.2 Å². The quantitative estimate of drug-likeness (QED) is 0.486. The number of nitrogens with zero attached hydrogens (tertiary/aromatic N) is 1. The lowest BCUT2D eigenvalue weighted by molar-refractivity contribution is -0.0459. The van der Waals surface area contributed by atoms with Crippen molar-refractivity contribution in [1.29, 1.82) is 0 Å². The van der Waals surface area contributed by atoms with Gasteiger partial charge in [0.1, 0.15) is 12.3 Å². The Morgan fingerprint density at radius 3 is 2.59 bits per heavy atom. The third-order valence-electron chi connectivity index (χ3n) is 3.01. The largest absolute Gasteiger partial charge is 0.394 e. The molecule has 0 bridgehead atoms. The number of aryl methyl sites for hydroxylation is 1. The van der Waals surface area contributed by atoms with Gasteiger partial charge in [-0.15, -0.1) is 0 Å². The van der Waals surface area contributed by atoms with Crippen molar-refractivity contribution in [3.8, 4) is 0 Å². The summed E-state index contributed by atoms with van der Waals surface area (Å²) >= 11 is 0. The molecule has 1 saturated heterocycles. The van der Waals surface area contributed by atoms with Crippen molar-refractivity contribution in [2.45, 2.75) is 31.8 Å². The van der Waals surface area contributed by atoms with Crippen molar-refractivity contribution >= 4 is 8.25 Å². The van der Waals surface area contributed by atoms with E-state index in [1.54, 1.807) is 6.92 Å². The van der Waals surface area contributed by atoms with E-state index in [0.29, 0.717) is 5.56 Å². The molecule has 2 rings (SSSR count). The van der Waals surface area contributed by atoms with Crippen LogP contribution in [0, 0.1) is 6.92 Å². The van der Waals surface area contributed by atoms with Crippen LogP contribution in [0.5, 0.6) is 0 Å². The number of hydrogen-bond donors (Lipinski definition) is 4. The summed E-state index contributed by atoms with van der Waals surface area (Å²) in [5.74, 6) is 0. The van der Waals surface area contributed by atoms with Crippen LogP contribution in [0.3, 0.4) is 0 Å². The van der Waals surface area contributed by atoms with Gasteiger partial charge in [0.05, 0.1) is 12.7 Å². The first-order valence-electron chi connectivity index (χ1n) is 6.33. The Labute approximate surface area is 125 Å². The van der Waals surface area contributed by atoms with E-state index in [-0.39, 0.29) is 13.0 Å². The van der Waals surface area contributed by atoms with Crippen LogP contribution in [-0.4, -0.2) is 50.6 Å². The third kappa shape index (κ3) is 4.87. The first kappa shape index (κ1) is 18.8. The molecule has 1 fully saturated rings. The van der Waals surface area contributed by atoms with Crippen molar-refractivity contribution in [2.75, 3.05) is 13.7 Å². The predicted octanol–water partition coefficient (Wildman–Crippen LogP) is -1.50. The summed E-state index contributed by atoms with van der Waals surface area (Å²) in [6.45, 7) is 1.26. The van der Waals surface area contributed by atoms with E-state index in [1.165, 1.54) is 17.9 Å². The van der Waals surface area contributed by atoms with Crippen molar-refractivity contribution in [3.63, 3.8) is 0 Å². The van der Waals surface area contributed by atoms with Gasteiger partial charge >= 0.3 is 13.9 Å². The van der Waals surface area contributed by atoms with E-state index in [9.17, 15) is 19.3 Å². The van der Waals surface area contributed by atoms with Crippen molar-refractivity contribution in [3.05, 3.63) is 32.6 Å². The molecule has 1 unspecified atom stereocenters. The van der Waals surface area contributed by atoms with E-state index >= 15 is 0 Å². The molecule has 4 atom stereocenters. The normalized spacial score (nSPS) is 25.4. The fourth-order valence-electron chi connectivity index (χ4n) is 1.85. The van der Waals surface area contributed by atoms with Crippen LogP contribution >= 0.6 is 8.25 Å². The van der Waals surface area contributed by atoms with E-state index in [4.69, 9.17) is 14.7 Å². The predicted molar refractivity (Wildman–Crippen MR) is 75.9 cm³/mol. The number of hydrogen-bond acceptors (Lipinski definition) is 7. The summed E-state index contributed by atoms with van der Waals surface area (Å²) in [5, 5.41) is 18.5. The smallest absolute Gasteiger partial charge is 0.330 e. The minimum Gasteiger partial charge on any atom is -0.394 e. The van der Waals surface area contributed by atoms with E-state index in [1.807, 2.05) is 0 Å². The zero-order valence-electron chi connectivity index (χ0n) is 12.1. The van der Waals surface area contributed by atoms with Gasteiger partial charge in [-0.05, 0) is 6.92 Å². The molecule has 11 heteroatoms. The molecule has 0 aliphatic carbocycles. The van der Waals surface area contributed by atoms with E-state index < -0.39 is 37.9 Å². The van der Waals surface area contributed by atoms with E-state index in [0.717, 1.165) is 0 Å². The molecule has 1 aromatic heterocycles. The number of aliphatic hydroxyl groups is 2. The van der Waals surface area contributed by atoms with Crippen LogP contribution in [0.2, 0.25) is 0 Å². The summed E-state index contributed by atoms with van der Waals surface area (Å²) < 4.78 is 19.7. The number of ether oxygens (including phenoxy) is 1. The second kappa shape index (κ2) is 8.37. The number of rotatable bonds is 3. The minimum atomic E-state index is -2.62. The highest BCUT2D eigenvalue weighted by molar-refractivity contribution is 7.32. The second-order valence-corrected chi connectivity index (χ2v) is 5.50. The molecule has 1 aliphatic rings. The highest BCUT2D eigenvalue weighted by Gasteiger charge is 2.34. The average molecular weight is 338 g/mol. The maximum absolute atomic E-state index is 11.6. The van der Waals surface area contributed by atoms with Crippen LogP contribution in [0.25, 0.3) is 0 Å². The topological polar surface area (TPSA) is 151 Å². The van der Waals surface area contributed by atoms with Crippen molar-refractivity contribution in [1.82, 2.24) is 9.55 Å². The minimum absolute atomic E-state index is 0.205. The Kier molecular flexibility index (Phi) is 7.14. The first-order valence-corrected chi connectivity index (χ1v) is 7.59. The van der Waals surface area contributed by atoms with Crippen molar-refractivity contribution < 1.29 is 28.9 Å². The molecule has 22 heavy (non-hydrogen) atoms. The lowest BCUT2D eigenvalue weighted by Crippen LogP contribution is -2.33. The molecule has 10 nitrogen and oxygen atoms in total. The first-order chi connectivity index (χ1) is 10.3. The Morgan fingerprint density at radius 2 is 2.14 bits per heavy atom. The van der Waals surface area contributed by atoms with E-state index in [2.05, 4.69) is 9.51 Å². The summed E-state index contributed by atoms with van der Waals surface area (Å²) in [4.78, 5) is 32.6. The van der Waals surface area contributed by atoms with Gasteiger partial charge in [-0.3, -0.25) is 18.9 Å². The Hall–Kier alpha value is -1.29. The van der Waals surface area contributed by atoms with Crippen LogP contribution < -0.4 is 11.2 Å². The maximum atomic E-state index is 11.6. The zero-order valence-corrected chi connectivity index (χ0v) is 13.1. The van der Waals surface area contributed by atoms with Gasteiger partial charge in [-0.25, -0.2) is 4.79 Å². The lowest BCUT2D eigenvalue weighted by Gasteiger charge is -2.14. The molecule has 4 N–H and O–H groups in total. The molecule has 0 saturated carbocycles. The van der Waals surface area contributed by atoms with Gasteiger partial charge in [0.2, 0.25) is 0 Å². The second-order valence-electron chi connectivity index (χ2n) is 4.56. The molecule has 2 heterocycles. The van der Waals surface area contributed by atoms with Gasteiger partial charge in [0.25, 0.3) is 5.56 Å². The summed E-state index contributed by atoms with van der Waals surface area (Å²) in [5.41, 5.74) is -0.643. The van der Waals surface area contributed by atoms with Gasteiger partial charge in [0, 0.05) is 25.3 Å². The monoisotopic (exact) mass is 338 g/mol. The number of aromatic amines is 1. The van der Waals surface area contributed by atoms with Crippen LogP contribution in [0.4, 0.5) is 0 Å². The average Bonchev–Trinajstić information content (AvgIpc) is 2.84.